The number of carbonyl (C=O) groups excluding carboxylic acids is 1. The summed E-state index contributed by atoms with van der Waals surface area (Å²) < 4.78 is 68.1. The van der Waals surface area contributed by atoms with E-state index < -0.39 is 33.7 Å². The molecule has 1 aromatic heterocycles. The highest BCUT2D eigenvalue weighted by molar-refractivity contribution is 7.93. The van der Waals surface area contributed by atoms with Crippen LogP contribution in [0.4, 0.5) is 18.9 Å². The number of hydrogen-bond donors (Lipinski definition) is 1. The normalized spacial score (nSPS) is 15.2. The van der Waals surface area contributed by atoms with Crippen molar-refractivity contribution in [2.45, 2.75) is 30.1 Å². The second-order valence-corrected chi connectivity index (χ2v) is 10.6. The standard InChI is InChI=1S/C28H22F3N3O3S/c29-28(30,31)23-6-3-5-21(16-23)20-8-10-24(11-9-20)38(36,37)34-25-7-2-1-4-22(25)17-26(34)27(35)33-18-19-12-14-32-15-13-19/h1-16,26H,17-18H2,(H,33,35)/t26-/m0/s1. The highest BCUT2D eigenvalue weighted by Gasteiger charge is 2.42. The summed E-state index contributed by atoms with van der Waals surface area (Å²) in [4.78, 5) is 17.1. The van der Waals surface area contributed by atoms with Gasteiger partial charge in [-0.2, -0.15) is 13.2 Å². The summed E-state index contributed by atoms with van der Waals surface area (Å²) >= 11 is 0. The number of halogens is 3. The molecule has 194 valence electrons. The van der Waals surface area contributed by atoms with Crippen LogP contribution in [0.5, 0.6) is 0 Å². The van der Waals surface area contributed by atoms with Crippen LogP contribution in [0.15, 0.2) is 102 Å². The fourth-order valence-electron chi connectivity index (χ4n) is 4.47. The summed E-state index contributed by atoms with van der Waals surface area (Å²) in [7, 11) is -4.18. The molecule has 5 rings (SSSR count). The van der Waals surface area contributed by atoms with Gasteiger partial charge in [0, 0.05) is 25.4 Å². The van der Waals surface area contributed by atoms with Crippen molar-refractivity contribution >= 4 is 21.6 Å². The number of nitrogens with one attached hydrogen (secondary N) is 1. The van der Waals surface area contributed by atoms with E-state index in [2.05, 4.69) is 10.3 Å². The van der Waals surface area contributed by atoms with Crippen LogP contribution in [-0.4, -0.2) is 25.4 Å². The monoisotopic (exact) mass is 537 g/mol. The lowest BCUT2D eigenvalue weighted by Crippen LogP contribution is -2.47. The average Bonchev–Trinajstić information content (AvgIpc) is 3.33. The summed E-state index contributed by atoms with van der Waals surface area (Å²) in [5.74, 6) is -0.442. The fourth-order valence-corrected chi connectivity index (χ4v) is 6.12. The van der Waals surface area contributed by atoms with Crippen molar-refractivity contribution in [2.24, 2.45) is 0 Å². The minimum atomic E-state index is -4.49. The van der Waals surface area contributed by atoms with Crippen molar-refractivity contribution in [3.05, 3.63) is 114 Å². The lowest BCUT2D eigenvalue weighted by molar-refractivity contribution is -0.137. The molecular formula is C28H22F3N3O3S. The number of para-hydroxylation sites is 1. The molecule has 6 nitrogen and oxygen atoms in total. The molecule has 1 amide bonds. The lowest BCUT2D eigenvalue weighted by atomic mass is 10.0. The Labute approximate surface area is 217 Å². The Morgan fingerprint density at radius 2 is 1.63 bits per heavy atom. The third kappa shape index (κ3) is 4.99. The fraction of sp³-hybridized carbons (Fsp3) is 0.143. The molecule has 0 aliphatic carbocycles. The van der Waals surface area contributed by atoms with Crippen molar-refractivity contribution < 1.29 is 26.4 Å². The molecule has 0 saturated heterocycles. The van der Waals surface area contributed by atoms with Crippen LogP contribution in [-0.2, 0) is 34.0 Å². The molecule has 1 aliphatic rings. The molecule has 1 atom stereocenters. The number of alkyl halides is 3. The number of rotatable bonds is 6. The maximum atomic E-state index is 13.8. The molecule has 0 radical (unpaired) electrons. The zero-order valence-corrected chi connectivity index (χ0v) is 20.7. The molecule has 2 heterocycles. The first-order valence-electron chi connectivity index (χ1n) is 11.7. The Morgan fingerprint density at radius 1 is 0.921 bits per heavy atom. The number of pyridine rings is 1. The van der Waals surface area contributed by atoms with Gasteiger partial charge in [-0.25, -0.2) is 8.42 Å². The van der Waals surface area contributed by atoms with E-state index in [1.807, 2.05) is 0 Å². The van der Waals surface area contributed by atoms with Crippen LogP contribution in [0.3, 0.4) is 0 Å². The van der Waals surface area contributed by atoms with E-state index in [1.54, 1.807) is 48.8 Å². The van der Waals surface area contributed by atoms with Gasteiger partial charge in [0.1, 0.15) is 6.04 Å². The summed E-state index contributed by atoms with van der Waals surface area (Å²) in [6, 6.07) is 19.9. The molecule has 0 bridgehead atoms. The first-order chi connectivity index (χ1) is 18.1. The number of hydrogen-bond acceptors (Lipinski definition) is 4. The summed E-state index contributed by atoms with van der Waals surface area (Å²) in [5, 5.41) is 2.81. The van der Waals surface area contributed by atoms with Gasteiger partial charge in [-0.3, -0.25) is 14.1 Å². The summed E-state index contributed by atoms with van der Waals surface area (Å²) in [5.41, 5.74) is 1.91. The predicted octanol–water partition coefficient (Wildman–Crippen LogP) is 5.20. The summed E-state index contributed by atoms with van der Waals surface area (Å²) in [6.45, 7) is 0.216. The zero-order valence-electron chi connectivity index (χ0n) is 19.9. The van der Waals surface area contributed by atoms with Crippen molar-refractivity contribution in [3.8, 4) is 11.1 Å². The maximum Gasteiger partial charge on any atom is 0.416 e. The van der Waals surface area contributed by atoms with Gasteiger partial charge in [0.25, 0.3) is 10.0 Å². The van der Waals surface area contributed by atoms with Crippen molar-refractivity contribution in [2.75, 3.05) is 4.31 Å². The van der Waals surface area contributed by atoms with Crippen molar-refractivity contribution in [1.29, 1.82) is 0 Å². The Bertz CT molecular complexity index is 1570. The van der Waals surface area contributed by atoms with Crippen LogP contribution < -0.4 is 9.62 Å². The van der Waals surface area contributed by atoms with Crippen LogP contribution in [0.25, 0.3) is 11.1 Å². The minimum absolute atomic E-state index is 0.0723. The molecule has 38 heavy (non-hydrogen) atoms. The second kappa shape index (κ2) is 9.94. The number of carbonyl (C=O) groups is 1. The van der Waals surface area contributed by atoms with E-state index in [4.69, 9.17) is 0 Å². The van der Waals surface area contributed by atoms with Crippen LogP contribution >= 0.6 is 0 Å². The molecule has 0 saturated carbocycles. The maximum absolute atomic E-state index is 13.8. The number of anilines is 1. The van der Waals surface area contributed by atoms with E-state index in [9.17, 15) is 26.4 Å². The molecule has 3 aromatic carbocycles. The largest absolute Gasteiger partial charge is 0.416 e. The smallest absolute Gasteiger partial charge is 0.350 e. The minimum Gasteiger partial charge on any atom is -0.350 e. The molecule has 4 aromatic rings. The number of sulfonamides is 1. The van der Waals surface area contributed by atoms with E-state index in [1.165, 1.54) is 36.4 Å². The quantitative estimate of drug-likeness (QED) is 0.367. The van der Waals surface area contributed by atoms with Crippen LogP contribution in [0, 0.1) is 0 Å². The zero-order chi connectivity index (χ0) is 26.9. The molecule has 10 heteroatoms. The predicted molar refractivity (Wildman–Crippen MR) is 137 cm³/mol. The van der Waals surface area contributed by atoms with E-state index in [-0.39, 0.29) is 17.9 Å². The number of benzene rings is 3. The Morgan fingerprint density at radius 3 is 2.34 bits per heavy atom. The Hall–Kier alpha value is -4.18. The number of amides is 1. The highest BCUT2D eigenvalue weighted by atomic mass is 32.2. The Balaban J connectivity index is 1.44. The van der Waals surface area contributed by atoms with Gasteiger partial charge in [-0.1, -0.05) is 42.5 Å². The number of aromatic nitrogens is 1. The number of fused-ring (bicyclic) bond motifs is 1. The van der Waals surface area contributed by atoms with Gasteiger partial charge < -0.3 is 5.32 Å². The topological polar surface area (TPSA) is 79.4 Å². The van der Waals surface area contributed by atoms with Gasteiger partial charge in [0.15, 0.2) is 0 Å². The molecule has 1 aliphatic heterocycles. The molecule has 0 fully saturated rings. The SMILES string of the molecule is O=C(NCc1ccncc1)[C@@H]1Cc2ccccc2N1S(=O)(=O)c1ccc(-c2cccc(C(F)(F)F)c2)cc1. The first kappa shape index (κ1) is 25.5. The van der Waals surface area contributed by atoms with E-state index >= 15 is 0 Å². The van der Waals surface area contributed by atoms with Gasteiger partial charge in [-0.05, 0) is 64.7 Å². The molecule has 0 unspecified atom stereocenters. The van der Waals surface area contributed by atoms with Gasteiger partial charge >= 0.3 is 6.18 Å². The van der Waals surface area contributed by atoms with E-state index in [0.717, 1.165) is 27.6 Å². The second-order valence-electron chi connectivity index (χ2n) is 8.83. The van der Waals surface area contributed by atoms with Gasteiger partial charge in [-0.15, -0.1) is 0 Å². The molecular weight excluding hydrogens is 515 g/mol. The van der Waals surface area contributed by atoms with Crippen molar-refractivity contribution in [3.63, 3.8) is 0 Å². The summed E-state index contributed by atoms with van der Waals surface area (Å²) in [6.07, 6.45) is -1.07. The van der Waals surface area contributed by atoms with E-state index in [0.29, 0.717) is 16.8 Å². The first-order valence-corrected chi connectivity index (χ1v) is 13.2. The third-order valence-electron chi connectivity index (χ3n) is 6.38. The van der Waals surface area contributed by atoms with Crippen LogP contribution in [0.1, 0.15) is 16.7 Å². The Kier molecular flexibility index (Phi) is 6.66. The van der Waals surface area contributed by atoms with Crippen LogP contribution in [0.2, 0.25) is 0 Å². The molecule has 0 spiro atoms. The average molecular weight is 538 g/mol. The van der Waals surface area contributed by atoms with Gasteiger partial charge in [0.2, 0.25) is 5.91 Å². The number of nitrogens with zero attached hydrogens (tertiary/aromatic N) is 2. The lowest BCUT2D eigenvalue weighted by Gasteiger charge is -2.26. The highest BCUT2D eigenvalue weighted by Crippen LogP contribution is 2.38. The van der Waals surface area contributed by atoms with Crippen molar-refractivity contribution in [1.82, 2.24) is 10.3 Å². The molecule has 1 N–H and O–H groups in total. The van der Waals surface area contributed by atoms with Gasteiger partial charge in [0.05, 0.1) is 16.1 Å². The third-order valence-corrected chi connectivity index (χ3v) is 8.22.